The molecule has 0 aliphatic heterocycles. The summed E-state index contributed by atoms with van der Waals surface area (Å²) in [6.07, 6.45) is -7.74. The fourth-order valence-corrected chi connectivity index (χ4v) is 3.69. The van der Waals surface area contributed by atoms with Crippen LogP contribution in [0.15, 0.2) is 36.4 Å². The summed E-state index contributed by atoms with van der Waals surface area (Å²) in [6, 6.07) is 2.68. The zero-order chi connectivity index (χ0) is 27.7. The number of ether oxygens (including phenoxy) is 1. The van der Waals surface area contributed by atoms with Gasteiger partial charge in [0.15, 0.2) is 11.6 Å². The van der Waals surface area contributed by atoms with E-state index >= 15 is 4.39 Å². The Balaban J connectivity index is 2.04. The predicted octanol–water partition coefficient (Wildman–Crippen LogP) is 9.07. The normalized spacial score (nSPS) is 12.2. The molecule has 0 spiro atoms. The summed E-state index contributed by atoms with van der Waals surface area (Å²) >= 11 is 0. The van der Waals surface area contributed by atoms with Gasteiger partial charge in [0.05, 0.1) is 5.56 Å². The molecule has 0 aliphatic carbocycles. The van der Waals surface area contributed by atoms with E-state index in [1.807, 2.05) is 6.92 Å². The van der Waals surface area contributed by atoms with E-state index in [2.05, 4.69) is 4.74 Å². The summed E-state index contributed by atoms with van der Waals surface area (Å²) in [7, 11) is 0. The second-order valence-corrected chi connectivity index (χ2v) is 8.07. The molecular weight excluding hydrogens is 522 g/mol. The minimum atomic E-state index is -5.51. The van der Waals surface area contributed by atoms with Gasteiger partial charge in [0, 0.05) is 23.8 Å². The van der Waals surface area contributed by atoms with Gasteiger partial charge in [-0.25, -0.2) is 22.0 Å². The number of hydrogen-bond acceptors (Lipinski definition) is 1. The second kappa shape index (κ2) is 10.5. The summed E-state index contributed by atoms with van der Waals surface area (Å²) in [5.74, 6) is -13.2. The monoisotopic (exact) mass is 539 g/mol. The predicted molar refractivity (Wildman–Crippen MR) is 111 cm³/mol. The highest BCUT2D eigenvalue weighted by atomic mass is 19.4. The number of alkyl halides is 5. The van der Waals surface area contributed by atoms with Crippen LogP contribution in [0.1, 0.15) is 42.9 Å². The van der Waals surface area contributed by atoms with E-state index in [4.69, 9.17) is 0 Å². The van der Waals surface area contributed by atoms with Gasteiger partial charge in [0.1, 0.15) is 40.1 Å². The molecule has 0 fully saturated rings. The number of rotatable bonds is 8. The molecule has 0 saturated carbocycles. The molecule has 2 nitrogen and oxygen atoms in total. The van der Waals surface area contributed by atoms with Crippen LogP contribution in [0.4, 0.5) is 43.9 Å². The van der Waals surface area contributed by atoms with Gasteiger partial charge in [-0.1, -0.05) is 31.9 Å². The highest BCUT2D eigenvalue weighted by molar-refractivity contribution is 5.72. The molecule has 0 aliphatic rings. The van der Waals surface area contributed by atoms with E-state index in [0.717, 1.165) is 25.0 Å². The molecule has 3 aromatic rings. The molecule has 0 N–H and O–H groups in total. The van der Waals surface area contributed by atoms with Crippen LogP contribution in [0.25, 0.3) is 11.1 Å². The lowest BCUT2D eigenvalue weighted by atomic mass is 9.97. The second-order valence-electron chi connectivity index (χ2n) is 8.07. The molecule has 199 valence electrons. The molecule has 1 radical (unpaired) electrons. The summed E-state index contributed by atoms with van der Waals surface area (Å²) in [6.45, 7) is 1.94. The Labute approximate surface area is 204 Å². The average molecular weight is 539 g/mol. The van der Waals surface area contributed by atoms with Gasteiger partial charge in [-0.15, -0.1) is 0 Å². The van der Waals surface area contributed by atoms with E-state index in [1.54, 1.807) is 0 Å². The van der Waals surface area contributed by atoms with Crippen molar-refractivity contribution in [2.24, 2.45) is 0 Å². The molecule has 0 saturated heterocycles. The molecule has 37 heavy (non-hydrogen) atoms. The molecule has 0 heterocycles. The lowest BCUT2D eigenvalue weighted by Crippen LogP contribution is -2.26. The highest BCUT2D eigenvalue weighted by Crippen LogP contribution is 2.44. The first-order chi connectivity index (χ1) is 17.2. The van der Waals surface area contributed by atoms with Gasteiger partial charge in [-0.3, -0.25) is 5.11 Å². The van der Waals surface area contributed by atoms with Crippen molar-refractivity contribution in [2.45, 2.75) is 44.9 Å². The van der Waals surface area contributed by atoms with E-state index in [9.17, 15) is 44.6 Å². The van der Waals surface area contributed by atoms with Gasteiger partial charge < -0.3 is 4.74 Å². The maximum absolute atomic E-state index is 15.1. The smallest absolute Gasteiger partial charge is 0.429 e. The van der Waals surface area contributed by atoms with E-state index < -0.39 is 75.1 Å². The van der Waals surface area contributed by atoms with Gasteiger partial charge in [-0.05, 0) is 24.5 Å². The zero-order valence-electron chi connectivity index (χ0n) is 18.9. The fraction of sp³-hybridized carbons (Fsp3) is 0.280. The van der Waals surface area contributed by atoms with Gasteiger partial charge in [-0.2, -0.15) is 22.0 Å². The minimum absolute atomic E-state index is 0.0620. The minimum Gasteiger partial charge on any atom is -0.429 e. The number of benzene rings is 3. The van der Waals surface area contributed by atoms with Crippen LogP contribution in [-0.4, -0.2) is 0 Å². The molecule has 0 aromatic heterocycles. The van der Waals surface area contributed by atoms with Crippen molar-refractivity contribution in [3.8, 4) is 22.6 Å². The first kappa shape index (κ1) is 28.1. The van der Waals surface area contributed by atoms with Crippen molar-refractivity contribution >= 4 is 0 Å². The first-order valence-corrected chi connectivity index (χ1v) is 10.8. The molecule has 3 aromatic carbocycles. The number of halogens is 10. The van der Waals surface area contributed by atoms with Crippen LogP contribution in [0.5, 0.6) is 11.5 Å². The highest BCUT2D eigenvalue weighted by Gasteiger charge is 2.44. The lowest BCUT2D eigenvalue weighted by molar-refractivity contribution is -0.189. The summed E-state index contributed by atoms with van der Waals surface area (Å²) in [5.41, 5.74) is -6.15. The van der Waals surface area contributed by atoms with Crippen molar-refractivity contribution in [1.29, 1.82) is 0 Å². The number of unbranched alkanes of at least 4 members (excludes halogenated alkanes) is 2. The van der Waals surface area contributed by atoms with Crippen LogP contribution in [0.2, 0.25) is 0 Å². The SMILES string of the molecule is CCCCCc1ccc(-c2c([O])cc(F)c(C(F)(F)Oc3cc(F)c(C(F)(F)F)c(F)c3)c2F)c(F)c1. The standard InChI is InChI=1S/C25H17F10O2/c1-2-3-4-5-12-6-7-14(15(26)8-12)20-19(36)11-18(29)22(23(20)30)25(34,35)37-13-9-16(27)21(17(28)10-13)24(31,32)33/h6-11H,2-5H2,1H3. The van der Waals surface area contributed by atoms with Gasteiger partial charge in [0.25, 0.3) is 0 Å². The summed E-state index contributed by atoms with van der Waals surface area (Å²) in [4.78, 5) is 0. The average Bonchev–Trinajstić information content (AvgIpc) is 2.72. The Hall–Kier alpha value is -3.44. The summed E-state index contributed by atoms with van der Waals surface area (Å²) in [5, 5.41) is 12.2. The van der Waals surface area contributed by atoms with Gasteiger partial charge in [0.2, 0.25) is 0 Å². The Bertz CT molecular complexity index is 1280. The third kappa shape index (κ3) is 5.94. The van der Waals surface area contributed by atoms with Crippen LogP contribution in [0.3, 0.4) is 0 Å². The maximum Gasteiger partial charge on any atom is 0.432 e. The summed E-state index contributed by atoms with van der Waals surface area (Å²) < 4.78 is 143. The van der Waals surface area contributed by atoms with Crippen LogP contribution < -0.4 is 4.74 Å². The molecule has 0 atom stereocenters. The van der Waals surface area contributed by atoms with Crippen LogP contribution >= 0.6 is 0 Å². The van der Waals surface area contributed by atoms with Crippen molar-refractivity contribution < 1.29 is 53.7 Å². The van der Waals surface area contributed by atoms with E-state index in [1.165, 1.54) is 6.07 Å². The third-order valence-corrected chi connectivity index (χ3v) is 5.39. The quantitative estimate of drug-likeness (QED) is 0.207. The van der Waals surface area contributed by atoms with Crippen LogP contribution in [0, 0.1) is 29.1 Å². The van der Waals surface area contributed by atoms with Gasteiger partial charge >= 0.3 is 12.3 Å². The molecule has 0 unspecified atom stereocenters. The lowest BCUT2D eigenvalue weighted by Gasteiger charge is -2.21. The Kier molecular flexibility index (Phi) is 7.99. The molecule has 12 heteroatoms. The fourth-order valence-electron chi connectivity index (χ4n) is 3.69. The first-order valence-electron chi connectivity index (χ1n) is 10.8. The van der Waals surface area contributed by atoms with Crippen molar-refractivity contribution in [1.82, 2.24) is 0 Å². The van der Waals surface area contributed by atoms with E-state index in [0.29, 0.717) is 18.4 Å². The third-order valence-electron chi connectivity index (χ3n) is 5.39. The Morgan fingerprint density at radius 3 is 1.89 bits per heavy atom. The van der Waals surface area contributed by atoms with Crippen molar-refractivity contribution in [3.05, 3.63) is 82.2 Å². The van der Waals surface area contributed by atoms with Crippen molar-refractivity contribution in [2.75, 3.05) is 0 Å². The Morgan fingerprint density at radius 1 is 0.757 bits per heavy atom. The molecule has 3 rings (SSSR count). The van der Waals surface area contributed by atoms with E-state index in [-0.39, 0.29) is 18.2 Å². The van der Waals surface area contributed by atoms with Crippen molar-refractivity contribution in [3.63, 3.8) is 0 Å². The molecule has 0 bridgehead atoms. The van der Waals surface area contributed by atoms with Crippen LogP contribution in [-0.2, 0) is 23.8 Å². The molecule has 0 amide bonds. The maximum atomic E-state index is 15.1. The largest absolute Gasteiger partial charge is 0.432 e. The topological polar surface area (TPSA) is 29.1 Å². The Morgan fingerprint density at radius 2 is 1.35 bits per heavy atom. The number of hydrogen-bond donors (Lipinski definition) is 0. The zero-order valence-corrected chi connectivity index (χ0v) is 18.9. The number of aryl methyl sites for hydroxylation is 1. The molecular formula is C25H17F10O2.